The van der Waals surface area contributed by atoms with E-state index in [0.717, 1.165) is 12.8 Å². The average Bonchev–Trinajstić information content (AvgIpc) is 2.75. The monoisotopic (exact) mass is 242 g/mol. The number of hydrogen-bond acceptors (Lipinski definition) is 5. The highest BCUT2D eigenvalue weighted by atomic mass is 16.5. The van der Waals surface area contributed by atoms with Gasteiger partial charge < -0.3 is 9.84 Å². The van der Waals surface area contributed by atoms with E-state index in [1.807, 2.05) is 13.8 Å². The first kappa shape index (κ1) is 13.6. The van der Waals surface area contributed by atoms with Crippen molar-refractivity contribution < 1.29 is 14.6 Å². The van der Waals surface area contributed by atoms with E-state index in [1.165, 1.54) is 0 Å². The summed E-state index contributed by atoms with van der Waals surface area (Å²) in [5, 5.41) is 20.2. The Labute approximate surface area is 99.8 Å². The highest BCUT2D eigenvalue weighted by Crippen LogP contribution is 2.22. The molecule has 0 bridgehead atoms. The van der Waals surface area contributed by atoms with Crippen molar-refractivity contribution in [3.05, 3.63) is 5.82 Å². The quantitative estimate of drug-likeness (QED) is 0.772. The van der Waals surface area contributed by atoms with Crippen LogP contribution in [0.5, 0.6) is 0 Å². The van der Waals surface area contributed by atoms with Gasteiger partial charge in [0.2, 0.25) is 0 Å². The number of ether oxygens (including phenoxy) is 1. The van der Waals surface area contributed by atoms with Crippen LogP contribution in [0, 0.1) is 0 Å². The Morgan fingerprint density at radius 3 is 2.82 bits per heavy atom. The minimum Gasteiger partial charge on any atom is -0.481 e. The van der Waals surface area contributed by atoms with Gasteiger partial charge in [-0.3, -0.25) is 4.79 Å². The van der Waals surface area contributed by atoms with Gasteiger partial charge in [-0.2, -0.15) is 0 Å². The van der Waals surface area contributed by atoms with Crippen LogP contribution in [-0.2, 0) is 9.53 Å². The SMILES string of the molecule is CCCC(CC(=O)O)n1nnnc1C(C)OC. The Balaban J connectivity index is 2.93. The zero-order valence-electron chi connectivity index (χ0n) is 10.3. The van der Waals surface area contributed by atoms with E-state index in [4.69, 9.17) is 9.84 Å². The summed E-state index contributed by atoms with van der Waals surface area (Å²) in [6.07, 6.45) is 1.36. The van der Waals surface area contributed by atoms with E-state index in [9.17, 15) is 4.79 Å². The third-order valence-corrected chi connectivity index (χ3v) is 2.61. The Bertz CT molecular complexity index is 366. The summed E-state index contributed by atoms with van der Waals surface area (Å²) in [5.41, 5.74) is 0. The van der Waals surface area contributed by atoms with E-state index in [0.29, 0.717) is 5.82 Å². The fourth-order valence-electron chi connectivity index (χ4n) is 1.68. The molecule has 0 radical (unpaired) electrons. The number of tetrazole rings is 1. The molecule has 1 N–H and O–H groups in total. The van der Waals surface area contributed by atoms with Crippen LogP contribution in [0.3, 0.4) is 0 Å². The van der Waals surface area contributed by atoms with Gasteiger partial charge in [0.25, 0.3) is 0 Å². The molecule has 0 aliphatic rings. The third-order valence-electron chi connectivity index (χ3n) is 2.61. The lowest BCUT2D eigenvalue weighted by molar-refractivity contribution is -0.138. The molecular formula is C10H18N4O3. The molecule has 17 heavy (non-hydrogen) atoms. The predicted octanol–water partition coefficient (Wildman–Crippen LogP) is 1.20. The molecule has 0 amide bonds. The molecular weight excluding hydrogens is 224 g/mol. The Hall–Kier alpha value is -1.50. The van der Waals surface area contributed by atoms with Gasteiger partial charge in [-0.1, -0.05) is 13.3 Å². The van der Waals surface area contributed by atoms with Crippen LogP contribution in [0.15, 0.2) is 0 Å². The van der Waals surface area contributed by atoms with E-state index in [1.54, 1.807) is 11.8 Å². The summed E-state index contributed by atoms with van der Waals surface area (Å²) >= 11 is 0. The van der Waals surface area contributed by atoms with Crippen LogP contribution >= 0.6 is 0 Å². The second-order valence-corrected chi connectivity index (χ2v) is 3.90. The minimum absolute atomic E-state index is 0.0162. The minimum atomic E-state index is -0.852. The summed E-state index contributed by atoms with van der Waals surface area (Å²) in [6, 6.07) is -0.222. The van der Waals surface area contributed by atoms with Crippen LogP contribution in [0.2, 0.25) is 0 Å². The lowest BCUT2D eigenvalue weighted by Gasteiger charge is -2.17. The van der Waals surface area contributed by atoms with Gasteiger partial charge >= 0.3 is 5.97 Å². The van der Waals surface area contributed by atoms with E-state index in [2.05, 4.69) is 15.5 Å². The molecule has 0 aromatic carbocycles. The summed E-state index contributed by atoms with van der Waals surface area (Å²) in [7, 11) is 1.57. The Kier molecular flexibility index (Phi) is 5.02. The van der Waals surface area contributed by atoms with Gasteiger partial charge in [-0.25, -0.2) is 4.68 Å². The van der Waals surface area contributed by atoms with Gasteiger partial charge in [0.15, 0.2) is 5.82 Å². The van der Waals surface area contributed by atoms with Gasteiger partial charge in [-0.05, 0) is 23.8 Å². The number of rotatable bonds is 7. The first-order chi connectivity index (χ1) is 8.10. The molecule has 7 heteroatoms. The molecule has 7 nitrogen and oxygen atoms in total. The lowest BCUT2D eigenvalue weighted by atomic mass is 10.1. The van der Waals surface area contributed by atoms with Crippen molar-refractivity contribution in [3.8, 4) is 0 Å². The molecule has 1 aromatic heterocycles. The number of nitrogens with zero attached hydrogens (tertiary/aromatic N) is 4. The topological polar surface area (TPSA) is 90.1 Å². The van der Waals surface area contributed by atoms with Crippen molar-refractivity contribution in [2.24, 2.45) is 0 Å². The maximum absolute atomic E-state index is 10.8. The number of methoxy groups -OCH3 is 1. The predicted molar refractivity (Wildman–Crippen MR) is 59.4 cm³/mol. The summed E-state index contributed by atoms with van der Waals surface area (Å²) in [4.78, 5) is 10.8. The van der Waals surface area contributed by atoms with Crippen molar-refractivity contribution in [3.63, 3.8) is 0 Å². The zero-order valence-corrected chi connectivity index (χ0v) is 10.3. The summed E-state index contributed by atoms with van der Waals surface area (Å²) < 4.78 is 6.72. The van der Waals surface area contributed by atoms with Crippen molar-refractivity contribution in [1.82, 2.24) is 20.2 Å². The van der Waals surface area contributed by atoms with Gasteiger partial charge in [-0.15, -0.1) is 5.10 Å². The number of aromatic nitrogens is 4. The largest absolute Gasteiger partial charge is 0.481 e. The molecule has 2 atom stereocenters. The first-order valence-electron chi connectivity index (χ1n) is 5.62. The summed E-state index contributed by atoms with van der Waals surface area (Å²) in [6.45, 7) is 3.82. The molecule has 0 aliphatic heterocycles. The number of carbonyl (C=O) groups is 1. The molecule has 1 heterocycles. The molecule has 0 saturated carbocycles. The molecule has 2 unspecified atom stereocenters. The highest BCUT2D eigenvalue weighted by molar-refractivity contribution is 5.67. The Morgan fingerprint density at radius 1 is 1.59 bits per heavy atom. The molecule has 96 valence electrons. The maximum atomic E-state index is 10.8. The molecule has 0 saturated heterocycles. The van der Waals surface area contributed by atoms with Crippen molar-refractivity contribution in [2.75, 3.05) is 7.11 Å². The van der Waals surface area contributed by atoms with Crippen molar-refractivity contribution >= 4 is 5.97 Å². The van der Waals surface area contributed by atoms with E-state index in [-0.39, 0.29) is 18.6 Å². The molecule has 0 spiro atoms. The highest BCUT2D eigenvalue weighted by Gasteiger charge is 2.22. The lowest BCUT2D eigenvalue weighted by Crippen LogP contribution is -2.19. The van der Waals surface area contributed by atoms with Crippen LogP contribution in [0.1, 0.15) is 51.1 Å². The maximum Gasteiger partial charge on any atom is 0.305 e. The smallest absolute Gasteiger partial charge is 0.305 e. The number of carboxylic acid groups (broad SMARTS) is 1. The van der Waals surface area contributed by atoms with E-state index < -0.39 is 5.97 Å². The second kappa shape index (κ2) is 6.29. The third kappa shape index (κ3) is 3.48. The first-order valence-corrected chi connectivity index (χ1v) is 5.62. The zero-order chi connectivity index (χ0) is 12.8. The average molecular weight is 242 g/mol. The molecule has 0 fully saturated rings. The van der Waals surface area contributed by atoms with Gasteiger partial charge in [0, 0.05) is 7.11 Å². The molecule has 1 rings (SSSR count). The number of hydrogen-bond donors (Lipinski definition) is 1. The van der Waals surface area contributed by atoms with E-state index >= 15 is 0 Å². The van der Waals surface area contributed by atoms with Crippen LogP contribution < -0.4 is 0 Å². The van der Waals surface area contributed by atoms with Crippen LogP contribution in [0.25, 0.3) is 0 Å². The van der Waals surface area contributed by atoms with Gasteiger partial charge in [0.05, 0.1) is 12.5 Å². The normalized spacial score (nSPS) is 14.5. The van der Waals surface area contributed by atoms with Crippen LogP contribution in [0.4, 0.5) is 0 Å². The standard InChI is InChI=1S/C10H18N4O3/c1-4-5-8(6-9(15)16)14-10(7(2)17-3)11-12-13-14/h7-8H,4-6H2,1-3H3,(H,15,16). The summed E-state index contributed by atoms with van der Waals surface area (Å²) in [5.74, 6) is -0.290. The van der Waals surface area contributed by atoms with Crippen LogP contribution in [-0.4, -0.2) is 38.4 Å². The second-order valence-electron chi connectivity index (χ2n) is 3.90. The fourth-order valence-corrected chi connectivity index (χ4v) is 1.68. The Morgan fingerprint density at radius 2 is 2.29 bits per heavy atom. The fraction of sp³-hybridized carbons (Fsp3) is 0.800. The molecule has 0 aliphatic carbocycles. The van der Waals surface area contributed by atoms with Crippen molar-refractivity contribution in [2.45, 2.75) is 45.3 Å². The number of aliphatic carboxylic acids is 1. The van der Waals surface area contributed by atoms with Crippen molar-refractivity contribution in [1.29, 1.82) is 0 Å². The molecule has 1 aromatic rings. The number of carboxylic acids is 1. The van der Waals surface area contributed by atoms with Gasteiger partial charge in [0.1, 0.15) is 6.10 Å².